The molecule has 4 unspecified atom stereocenters. The zero-order valence-electron chi connectivity index (χ0n) is 12.5. The molecule has 0 amide bonds. The van der Waals surface area contributed by atoms with Gasteiger partial charge >= 0.3 is 0 Å². The highest BCUT2D eigenvalue weighted by Gasteiger charge is 2.43. The maximum Gasteiger partial charge on any atom is 0.0748 e. The summed E-state index contributed by atoms with van der Waals surface area (Å²) < 4.78 is 17.6. The summed E-state index contributed by atoms with van der Waals surface area (Å²) in [7, 11) is 0. The molecular formula is C15H28N2O3. The van der Waals surface area contributed by atoms with E-state index in [0.717, 1.165) is 58.3 Å². The van der Waals surface area contributed by atoms with Crippen LogP contribution in [0.2, 0.25) is 0 Å². The molecule has 5 nitrogen and oxygen atoms in total. The topological polar surface area (TPSA) is 65.7 Å². The number of hydrogen-bond acceptors (Lipinski definition) is 5. The van der Waals surface area contributed by atoms with Gasteiger partial charge in [-0.1, -0.05) is 0 Å². The van der Waals surface area contributed by atoms with E-state index in [1.165, 1.54) is 0 Å². The molecule has 3 fully saturated rings. The largest absolute Gasteiger partial charge is 0.381 e. The Bertz CT molecular complexity index is 315. The third-order valence-electron chi connectivity index (χ3n) is 5.30. The van der Waals surface area contributed by atoms with Gasteiger partial charge in [0.15, 0.2) is 0 Å². The second-order valence-corrected chi connectivity index (χ2v) is 6.65. The first-order valence-corrected chi connectivity index (χ1v) is 8.06. The number of hydrogen-bond donors (Lipinski definition) is 2. The van der Waals surface area contributed by atoms with Crippen molar-refractivity contribution in [2.45, 2.75) is 69.3 Å². The Kier molecular flexibility index (Phi) is 4.62. The smallest absolute Gasteiger partial charge is 0.0748 e. The van der Waals surface area contributed by atoms with Gasteiger partial charge in [-0.3, -0.25) is 11.3 Å². The predicted octanol–water partition coefficient (Wildman–Crippen LogP) is 1.36. The minimum absolute atomic E-state index is 0.0283. The van der Waals surface area contributed by atoms with Crippen LogP contribution in [0.15, 0.2) is 0 Å². The molecule has 3 heterocycles. The molecule has 20 heavy (non-hydrogen) atoms. The molecule has 1 spiro atoms. The lowest BCUT2D eigenvalue weighted by Crippen LogP contribution is -2.54. The lowest BCUT2D eigenvalue weighted by atomic mass is 9.76. The molecule has 3 saturated heterocycles. The quantitative estimate of drug-likeness (QED) is 0.605. The van der Waals surface area contributed by atoms with Crippen LogP contribution in [0.4, 0.5) is 0 Å². The highest BCUT2D eigenvalue weighted by atomic mass is 16.5. The monoisotopic (exact) mass is 284 g/mol. The molecule has 0 aromatic carbocycles. The van der Waals surface area contributed by atoms with Crippen molar-refractivity contribution in [3.05, 3.63) is 0 Å². The minimum Gasteiger partial charge on any atom is -0.381 e. The molecule has 3 aliphatic heterocycles. The highest BCUT2D eigenvalue weighted by Crippen LogP contribution is 2.40. The van der Waals surface area contributed by atoms with Gasteiger partial charge in [0.25, 0.3) is 0 Å². The third-order valence-corrected chi connectivity index (χ3v) is 5.30. The Labute approximate surface area is 121 Å². The first-order chi connectivity index (χ1) is 9.72. The molecule has 3 aliphatic rings. The van der Waals surface area contributed by atoms with E-state index >= 15 is 0 Å². The van der Waals surface area contributed by atoms with Gasteiger partial charge in [0.1, 0.15) is 0 Å². The van der Waals surface area contributed by atoms with Gasteiger partial charge in [-0.2, -0.15) is 0 Å². The number of rotatable bonds is 3. The van der Waals surface area contributed by atoms with E-state index in [0.29, 0.717) is 12.0 Å². The second-order valence-electron chi connectivity index (χ2n) is 6.65. The van der Waals surface area contributed by atoms with Gasteiger partial charge in [0.2, 0.25) is 0 Å². The minimum atomic E-state index is 0.0283. The molecule has 0 radical (unpaired) electrons. The van der Waals surface area contributed by atoms with Crippen LogP contribution >= 0.6 is 0 Å². The number of hydrazine groups is 1. The Hall–Kier alpha value is -0.200. The summed E-state index contributed by atoms with van der Waals surface area (Å²) in [5.74, 6) is 6.39. The summed E-state index contributed by atoms with van der Waals surface area (Å²) in [6.07, 6.45) is 7.08. The lowest BCUT2D eigenvalue weighted by molar-refractivity contribution is -0.154. The van der Waals surface area contributed by atoms with Crippen LogP contribution in [-0.4, -0.2) is 43.7 Å². The van der Waals surface area contributed by atoms with Gasteiger partial charge in [-0.25, -0.2) is 0 Å². The fourth-order valence-corrected chi connectivity index (χ4v) is 4.11. The molecule has 0 aromatic rings. The second kappa shape index (κ2) is 6.28. The number of ether oxygens (including phenoxy) is 3. The summed E-state index contributed by atoms with van der Waals surface area (Å²) >= 11 is 0. The summed E-state index contributed by atoms with van der Waals surface area (Å²) in [6, 6.07) is 0.253. The van der Waals surface area contributed by atoms with E-state index in [1.54, 1.807) is 0 Å². The summed E-state index contributed by atoms with van der Waals surface area (Å²) in [4.78, 5) is 0. The van der Waals surface area contributed by atoms with E-state index in [-0.39, 0.29) is 17.7 Å². The Morgan fingerprint density at radius 1 is 1.15 bits per heavy atom. The Balaban J connectivity index is 1.65. The highest BCUT2D eigenvalue weighted by molar-refractivity contribution is 4.95. The van der Waals surface area contributed by atoms with Crippen molar-refractivity contribution in [3.8, 4) is 0 Å². The van der Waals surface area contributed by atoms with Crippen molar-refractivity contribution < 1.29 is 14.2 Å². The fourth-order valence-electron chi connectivity index (χ4n) is 4.11. The van der Waals surface area contributed by atoms with Gasteiger partial charge in [-0.15, -0.1) is 0 Å². The first kappa shape index (κ1) is 14.7. The molecule has 4 atom stereocenters. The molecule has 0 saturated carbocycles. The summed E-state index contributed by atoms with van der Waals surface area (Å²) in [5, 5.41) is 0. The molecule has 116 valence electrons. The van der Waals surface area contributed by atoms with Crippen molar-refractivity contribution in [2.24, 2.45) is 11.8 Å². The van der Waals surface area contributed by atoms with Crippen molar-refractivity contribution >= 4 is 0 Å². The van der Waals surface area contributed by atoms with Crippen LogP contribution in [0, 0.1) is 5.92 Å². The Morgan fingerprint density at radius 3 is 2.60 bits per heavy atom. The predicted molar refractivity (Wildman–Crippen MR) is 76.1 cm³/mol. The number of nitrogens with one attached hydrogen (secondary N) is 1. The molecule has 0 bridgehead atoms. The third kappa shape index (κ3) is 3.02. The Morgan fingerprint density at radius 2 is 1.95 bits per heavy atom. The normalized spacial score (nSPS) is 39.0. The van der Waals surface area contributed by atoms with Crippen molar-refractivity contribution in [2.75, 3.05) is 19.8 Å². The van der Waals surface area contributed by atoms with E-state index < -0.39 is 0 Å². The van der Waals surface area contributed by atoms with Crippen molar-refractivity contribution in [3.63, 3.8) is 0 Å². The molecule has 0 aromatic heterocycles. The molecular weight excluding hydrogens is 256 g/mol. The average Bonchev–Trinajstić information content (AvgIpc) is 2.87. The average molecular weight is 284 g/mol. The molecule has 5 heteroatoms. The lowest BCUT2D eigenvalue weighted by Gasteiger charge is -2.46. The SMILES string of the molecule is CC1CCC(C(NN)C2CCOC3(CCOCC3)C2)O1. The summed E-state index contributed by atoms with van der Waals surface area (Å²) in [5.41, 5.74) is 3.07. The van der Waals surface area contributed by atoms with Crippen LogP contribution < -0.4 is 11.3 Å². The van der Waals surface area contributed by atoms with Gasteiger partial charge < -0.3 is 14.2 Å². The standard InChI is InChI=1S/C15H28N2O3/c1-11-2-3-13(20-11)14(17-16)12-4-7-19-15(10-12)5-8-18-9-6-15/h11-14,17H,2-10,16H2,1H3. The molecule has 0 aliphatic carbocycles. The maximum atomic E-state index is 6.13. The van der Waals surface area contributed by atoms with Crippen molar-refractivity contribution in [1.29, 1.82) is 0 Å². The van der Waals surface area contributed by atoms with Crippen molar-refractivity contribution in [1.82, 2.24) is 5.43 Å². The van der Waals surface area contributed by atoms with Gasteiger partial charge in [0.05, 0.1) is 23.9 Å². The zero-order chi connectivity index (χ0) is 14.0. The molecule has 3 N–H and O–H groups in total. The van der Waals surface area contributed by atoms with Gasteiger partial charge in [0, 0.05) is 19.8 Å². The maximum absolute atomic E-state index is 6.13. The number of nitrogens with two attached hydrogens (primary N) is 1. The first-order valence-electron chi connectivity index (χ1n) is 8.06. The zero-order valence-corrected chi connectivity index (χ0v) is 12.5. The van der Waals surface area contributed by atoms with Gasteiger partial charge in [-0.05, 0) is 51.4 Å². The van der Waals surface area contributed by atoms with E-state index in [9.17, 15) is 0 Å². The van der Waals surface area contributed by atoms with E-state index in [4.69, 9.17) is 20.1 Å². The van der Waals surface area contributed by atoms with Crippen LogP contribution in [0.25, 0.3) is 0 Å². The van der Waals surface area contributed by atoms with Crippen LogP contribution in [0.1, 0.15) is 45.4 Å². The summed E-state index contributed by atoms with van der Waals surface area (Å²) in [6.45, 7) is 4.64. The molecule has 3 rings (SSSR count). The van der Waals surface area contributed by atoms with E-state index in [1.807, 2.05) is 0 Å². The fraction of sp³-hybridized carbons (Fsp3) is 1.00. The van der Waals surface area contributed by atoms with Crippen LogP contribution in [0.3, 0.4) is 0 Å². The van der Waals surface area contributed by atoms with Crippen LogP contribution in [-0.2, 0) is 14.2 Å². The van der Waals surface area contributed by atoms with Crippen LogP contribution in [0.5, 0.6) is 0 Å². The van der Waals surface area contributed by atoms with E-state index in [2.05, 4.69) is 12.3 Å².